The van der Waals surface area contributed by atoms with Crippen molar-refractivity contribution in [3.63, 3.8) is 0 Å². The molecule has 1 heterocycles. The van der Waals surface area contributed by atoms with Crippen LogP contribution in [0.2, 0.25) is 5.15 Å². The van der Waals surface area contributed by atoms with E-state index in [1.165, 1.54) is 0 Å². The van der Waals surface area contributed by atoms with Crippen molar-refractivity contribution in [1.29, 1.82) is 0 Å². The van der Waals surface area contributed by atoms with Gasteiger partial charge in [0, 0.05) is 17.7 Å². The number of rotatable bonds is 4. The van der Waals surface area contributed by atoms with Crippen molar-refractivity contribution < 1.29 is 0 Å². The van der Waals surface area contributed by atoms with E-state index in [1.54, 1.807) is 12.3 Å². The first-order valence-corrected chi connectivity index (χ1v) is 4.49. The number of halogens is 1. The van der Waals surface area contributed by atoms with Gasteiger partial charge in [-0.3, -0.25) is 0 Å². The number of aromatic nitrogens is 1. The highest BCUT2D eigenvalue weighted by Crippen LogP contribution is 2.06. The number of nitrogens with zero attached hydrogens (tertiary/aromatic N) is 4. The van der Waals surface area contributed by atoms with E-state index in [1.807, 2.05) is 18.2 Å². The molecule has 0 bridgehead atoms. The Balaban J connectivity index is 2.43. The second-order valence-corrected chi connectivity index (χ2v) is 2.95. The first-order valence-electron chi connectivity index (χ1n) is 4.12. The topological polar surface area (TPSA) is 61.7 Å². The summed E-state index contributed by atoms with van der Waals surface area (Å²) in [5, 5.41) is 3.89. The number of hydrogen-bond acceptors (Lipinski definition) is 2. The van der Waals surface area contributed by atoms with Crippen LogP contribution in [0.1, 0.15) is 12.0 Å². The van der Waals surface area contributed by atoms with Crippen molar-refractivity contribution in [3.05, 3.63) is 45.6 Å². The molecule has 0 saturated heterocycles. The molecule has 0 aliphatic rings. The lowest BCUT2D eigenvalue weighted by Gasteiger charge is -1.91. The molecule has 0 radical (unpaired) electrons. The third-order valence-corrected chi connectivity index (χ3v) is 1.74. The zero-order valence-corrected chi connectivity index (χ0v) is 8.22. The minimum atomic E-state index is 0.480. The van der Waals surface area contributed by atoms with Crippen LogP contribution in [-0.2, 0) is 0 Å². The Morgan fingerprint density at radius 3 is 3.07 bits per heavy atom. The Bertz CT molecular complexity index is 352. The van der Waals surface area contributed by atoms with E-state index >= 15 is 0 Å². The number of hydrogen-bond donors (Lipinski definition) is 0. The Hall–Kier alpha value is -1.51. The highest BCUT2D eigenvalue weighted by atomic mass is 35.5. The van der Waals surface area contributed by atoms with E-state index < -0.39 is 0 Å². The van der Waals surface area contributed by atoms with Crippen molar-refractivity contribution in [1.82, 2.24) is 4.98 Å². The third kappa shape index (κ3) is 3.94. The predicted molar refractivity (Wildman–Crippen MR) is 56.9 cm³/mol. The molecule has 0 N–H and O–H groups in total. The Kier molecular flexibility index (Phi) is 4.55. The van der Waals surface area contributed by atoms with Gasteiger partial charge in [0.25, 0.3) is 0 Å². The monoisotopic (exact) mass is 208 g/mol. The fraction of sp³-hybridized carbons (Fsp3) is 0.222. The van der Waals surface area contributed by atoms with Crippen LogP contribution in [0.3, 0.4) is 0 Å². The quantitative estimate of drug-likeness (QED) is 0.246. The van der Waals surface area contributed by atoms with Crippen molar-refractivity contribution in [2.75, 3.05) is 6.54 Å². The summed E-state index contributed by atoms with van der Waals surface area (Å²) in [6.07, 6.45) is 6.26. The maximum absolute atomic E-state index is 8.02. The molecule has 0 fully saturated rings. The highest BCUT2D eigenvalue weighted by molar-refractivity contribution is 6.29. The van der Waals surface area contributed by atoms with Crippen molar-refractivity contribution in [2.45, 2.75) is 6.42 Å². The van der Waals surface area contributed by atoms with Crippen LogP contribution in [0, 0.1) is 0 Å². The molecule has 0 spiro atoms. The second-order valence-electron chi connectivity index (χ2n) is 2.56. The molecule has 0 unspecified atom stereocenters. The minimum Gasteiger partial charge on any atom is -0.244 e. The van der Waals surface area contributed by atoms with Gasteiger partial charge in [-0.25, -0.2) is 4.98 Å². The molecular weight excluding hydrogens is 200 g/mol. The van der Waals surface area contributed by atoms with Crippen LogP contribution in [0.15, 0.2) is 29.5 Å². The summed E-state index contributed by atoms with van der Waals surface area (Å²) in [5.41, 5.74) is 9.00. The van der Waals surface area contributed by atoms with Crippen LogP contribution < -0.4 is 0 Å². The van der Waals surface area contributed by atoms with Gasteiger partial charge in [-0.1, -0.05) is 34.9 Å². The summed E-state index contributed by atoms with van der Waals surface area (Å²) < 4.78 is 0. The smallest absolute Gasteiger partial charge is 0.129 e. The zero-order chi connectivity index (χ0) is 10.2. The van der Waals surface area contributed by atoms with Crippen LogP contribution in [0.4, 0.5) is 0 Å². The predicted octanol–water partition coefficient (Wildman–Crippen LogP) is 3.45. The molecule has 0 saturated carbocycles. The standard InChI is InChI=1S/C9H9ClN4/c10-9-5-4-8(7-12-9)3-1-2-6-13-14-11/h1,3-5,7H,2,6H2. The van der Waals surface area contributed by atoms with Gasteiger partial charge in [-0.15, -0.1) is 0 Å². The fourth-order valence-electron chi connectivity index (χ4n) is 0.882. The van der Waals surface area contributed by atoms with Gasteiger partial charge in [-0.2, -0.15) is 0 Å². The van der Waals surface area contributed by atoms with Gasteiger partial charge >= 0.3 is 0 Å². The molecule has 0 atom stereocenters. The van der Waals surface area contributed by atoms with Crippen LogP contribution in [0.25, 0.3) is 16.5 Å². The second kappa shape index (κ2) is 6.02. The largest absolute Gasteiger partial charge is 0.244 e. The van der Waals surface area contributed by atoms with E-state index in [2.05, 4.69) is 15.0 Å². The van der Waals surface area contributed by atoms with Gasteiger partial charge in [0.2, 0.25) is 0 Å². The van der Waals surface area contributed by atoms with Gasteiger partial charge in [0.05, 0.1) is 0 Å². The SMILES string of the molecule is [N-]=[N+]=NCCC=Cc1ccc(Cl)nc1. The molecule has 0 aliphatic heterocycles. The summed E-state index contributed by atoms with van der Waals surface area (Å²) in [6.45, 7) is 0.480. The van der Waals surface area contributed by atoms with Crippen molar-refractivity contribution >= 4 is 17.7 Å². The van der Waals surface area contributed by atoms with E-state index in [0.717, 1.165) is 12.0 Å². The zero-order valence-electron chi connectivity index (χ0n) is 7.47. The van der Waals surface area contributed by atoms with Crippen LogP contribution in [-0.4, -0.2) is 11.5 Å². The van der Waals surface area contributed by atoms with E-state index in [4.69, 9.17) is 17.1 Å². The first-order chi connectivity index (χ1) is 6.83. The maximum atomic E-state index is 8.02. The lowest BCUT2D eigenvalue weighted by molar-refractivity contribution is 0.995. The molecule has 0 aliphatic carbocycles. The van der Waals surface area contributed by atoms with Crippen LogP contribution in [0.5, 0.6) is 0 Å². The maximum Gasteiger partial charge on any atom is 0.129 e. The molecule has 4 nitrogen and oxygen atoms in total. The molecule has 0 aromatic carbocycles. The van der Waals surface area contributed by atoms with E-state index in [9.17, 15) is 0 Å². The lowest BCUT2D eigenvalue weighted by atomic mass is 10.2. The minimum absolute atomic E-state index is 0.480. The Morgan fingerprint density at radius 2 is 2.43 bits per heavy atom. The molecule has 72 valence electrons. The Labute approximate surface area is 86.9 Å². The fourth-order valence-corrected chi connectivity index (χ4v) is 0.994. The van der Waals surface area contributed by atoms with Crippen molar-refractivity contribution in [3.8, 4) is 0 Å². The van der Waals surface area contributed by atoms with Gasteiger partial charge in [-0.05, 0) is 23.6 Å². The van der Waals surface area contributed by atoms with E-state index in [-0.39, 0.29) is 0 Å². The third-order valence-electron chi connectivity index (χ3n) is 1.52. The average molecular weight is 209 g/mol. The van der Waals surface area contributed by atoms with Gasteiger partial charge < -0.3 is 0 Å². The van der Waals surface area contributed by atoms with Crippen LogP contribution >= 0.6 is 11.6 Å². The molecule has 1 rings (SSSR count). The van der Waals surface area contributed by atoms with Crippen molar-refractivity contribution in [2.24, 2.45) is 5.11 Å². The molecule has 1 aromatic heterocycles. The summed E-state index contributed by atoms with van der Waals surface area (Å²) in [6, 6.07) is 3.61. The highest BCUT2D eigenvalue weighted by Gasteiger charge is 1.87. The lowest BCUT2D eigenvalue weighted by Crippen LogP contribution is -1.77. The summed E-state index contributed by atoms with van der Waals surface area (Å²) in [5.74, 6) is 0. The molecule has 5 heteroatoms. The molecule has 14 heavy (non-hydrogen) atoms. The number of azide groups is 1. The average Bonchev–Trinajstić information content (AvgIpc) is 2.21. The molecule has 0 amide bonds. The number of pyridine rings is 1. The normalized spacial score (nSPS) is 10.1. The summed E-state index contributed by atoms with van der Waals surface area (Å²) in [4.78, 5) is 6.58. The first kappa shape index (κ1) is 10.6. The van der Waals surface area contributed by atoms with Gasteiger partial charge in [0.1, 0.15) is 5.15 Å². The van der Waals surface area contributed by atoms with Gasteiger partial charge in [0.15, 0.2) is 0 Å². The Morgan fingerprint density at radius 1 is 1.57 bits per heavy atom. The molecular formula is C9H9ClN4. The summed E-state index contributed by atoms with van der Waals surface area (Å²) in [7, 11) is 0. The van der Waals surface area contributed by atoms with E-state index in [0.29, 0.717) is 11.7 Å². The molecule has 1 aromatic rings. The summed E-state index contributed by atoms with van der Waals surface area (Å²) >= 11 is 5.62.